The number of nitrogens with one attached hydrogen (secondary N) is 1. The van der Waals surface area contributed by atoms with Crippen LogP contribution in [0.15, 0.2) is 0 Å². The fraction of sp³-hybridized carbons (Fsp3) is 0.800. The van der Waals surface area contributed by atoms with Crippen molar-refractivity contribution in [2.45, 2.75) is 12.5 Å². The summed E-state index contributed by atoms with van der Waals surface area (Å²) >= 11 is 5.35. The van der Waals surface area contributed by atoms with Gasteiger partial charge >= 0.3 is 6.09 Å². The molecule has 0 saturated carbocycles. The minimum atomic E-state index is -0.597. The standard InChI is InChI=1S/C5H11ClN2O2/c1-4(6)10-5(9)7-8(2)3/h4H,1-3H3,(H,7,9). The van der Waals surface area contributed by atoms with E-state index in [1.165, 1.54) is 5.01 Å². The number of alkyl halides is 1. The monoisotopic (exact) mass is 166 g/mol. The molecule has 0 aliphatic rings. The third kappa shape index (κ3) is 5.65. The van der Waals surface area contributed by atoms with Crippen LogP contribution in [-0.4, -0.2) is 30.8 Å². The van der Waals surface area contributed by atoms with Gasteiger partial charge in [0.25, 0.3) is 0 Å². The van der Waals surface area contributed by atoms with Crippen molar-refractivity contribution in [3.05, 3.63) is 0 Å². The average Bonchev–Trinajstić information content (AvgIpc) is 1.58. The molecule has 0 saturated heterocycles. The van der Waals surface area contributed by atoms with E-state index in [4.69, 9.17) is 11.6 Å². The molecule has 1 atom stereocenters. The number of hydrogen-bond acceptors (Lipinski definition) is 3. The van der Waals surface area contributed by atoms with Gasteiger partial charge in [-0.15, -0.1) is 0 Å². The molecule has 0 heterocycles. The summed E-state index contributed by atoms with van der Waals surface area (Å²) in [4.78, 5) is 10.6. The molecule has 0 spiro atoms. The van der Waals surface area contributed by atoms with Crippen LogP contribution < -0.4 is 5.43 Å². The lowest BCUT2D eigenvalue weighted by Gasteiger charge is -2.12. The molecule has 0 aromatic carbocycles. The molecule has 0 aliphatic carbocycles. The van der Waals surface area contributed by atoms with Crippen molar-refractivity contribution in [3.8, 4) is 0 Å². The Labute approximate surface area is 65.1 Å². The van der Waals surface area contributed by atoms with Gasteiger partial charge in [-0.25, -0.2) is 9.80 Å². The zero-order chi connectivity index (χ0) is 8.15. The Balaban J connectivity index is 3.44. The topological polar surface area (TPSA) is 41.6 Å². The minimum absolute atomic E-state index is 0.549. The van der Waals surface area contributed by atoms with Crippen molar-refractivity contribution in [2.24, 2.45) is 0 Å². The highest BCUT2D eigenvalue weighted by atomic mass is 35.5. The summed E-state index contributed by atoms with van der Waals surface area (Å²) in [7, 11) is 3.36. The van der Waals surface area contributed by atoms with Crippen molar-refractivity contribution >= 4 is 17.7 Å². The molecule has 10 heavy (non-hydrogen) atoms. The van der Waals surface area contributed by atoms with Crippen molar-refractivity contribution in [3.63, 3.8) is 0 Å². The maximum Gasteiger partial charge on any atom is 0.423 e. The number of carbonyl (C=O) groups excluding carboxylic acids is 1. The second-order valence-electron chi connectivity index (χ2n) is 1.95. The summed E-state index contributed by atoms with van der Waals surface area (Å²) in [6, 6.07) is 0. The molecule has 0 fully saturated rings. The van der Waals surface area contributed by atoms with Crippen LogP contribution in [0.25, 0.3) is 0 Å². The van der Waals surface area contributed by atoms with Crippen LogP contribution in [0.2, 0.25) is 0 Å². The first-order chi connectivity index (χ1) is 4.52. The zero-order valence-electron chi connectivity index (χ0n) is 6.22. The Morgan fingerprint density at radius 1 is 1.70 bits per heavy atom. The van der Waals surface area contributed by atoms with E-state index in [1.54, 1.807) is 21.0 Å². The van der Waals surface area contributed by atoms with E-state index >= 15 is 0 Å². The van der Waals surface area contributed by atoms with Crippen molar-refractivity contribution in [1.29, 1.82) is 0 Å². The summed E-state index contributed by atoms with van der Waals surface area (Å²) in [5.74, 6) is 0. The Morgan fingerprint density at radius 2 is 2.20 bits per heavy atom. The third-order valence-corrected chi connectivity index (χ3v) is 0.673. The highest BCUT2D eigenvalue weighted by molar-refractivity contribution is 6.19. The molecule has 5 heteroatoms. The first-order valence-corrected chi connectivity index (χ1v) is 3.24. The fourth-order valence-electron chi connectivity index (χ4n) is 0.356. The van der Waals surface area contributed by atoms with Gasteiger partial charge in [-0.05, 0) is 6.92 Å². The quantitative estimate of drug-likeness (QED) is 0.487. The first-order valence-electron chi connectivity index (χ1n) is 2.81. The Kier molecular flexibility index (Phi) is 4.14. The lowest BCUT2D eigenvalue weighted by Crippen LogP contribution is -2.37. The molecular formula is C5H11ClN2O2. The minimum Gasteiger partial charge on any atom is -0.429 e. The molecule has 1 unspecified atom stereocenters. The average molecular weight is 167 g/mol. The van der Waals surface area contributed by atoms with Crippen LogP contribution in [0.1, 0.15) is 6.92 Å². The normalized spacial score (nSPS) is 12.9. The van der Waals surface area contributed by atoms with Crippen molar-refractivity contribution < 1.29 is 9.53 Å². The Hall–Kier alpha value is -0.480. The van der Waals surface area contributed by atoms with Crippen LogP contribution in [0, 0.1) is 0 Å². The molecule has 4 nitrogen and oxygen atoms in total. The summed E-state index contributed by atoms with van der Waals surface area (Å²) in [5, 5.41) is 1.47. The summed E-state index contributed by atoms with van der Waals surface area (Å²) < 4.78 is 4.53. The Morgan fingerprint density at radius 3 is 2.50 bits per heavy atom. The lowest BCUT2D eigenvalue weighted by molar-refractivity contribution is 0.115. The predicted molar refractivity (Wildman–Crippen MR) is 38.6 cm³/mol. The van der Waals surface area contributed by atoms with E-state index in [2.05, 4.69) is 10.2 Å². The molecule has 0 bridgehead atoms. The van der Waals surface area contributed by atoms with E-state index in [9.17, 15) is 4.79 Å². The van der Waals surface area contributed by atoms with E-state index in [0.29, 0.717) is 0 Å². The number of rotatable bonds is 2. The SMILES string of the molecule is CC(Cl)OC(=O)NN(C)C. The van der Waals surface area contributed by atoms with Crippen LogP contribution in [-0.2, 0) is 4.74 Å². The maximum absolute atomic E-state index is 10.6. The third-order valence-electron chi connectivity index (χ3n) is 0.584. The molecule has 0 aromatic heterocycles. The highest BCUT2D eigenvalue weighted by Gasteiger charge is 2.04. The van der Waals surface area contributed by atoms with Crippen LogP contribution in [0.3, 0.4) is 0 Å². The molecule has 0 rings (SSSR count). The number of halogens is 1. The summed E-state index contributed by atoms with van der Waals surface area (Å²) in [6.07, 6.45) is -0.549. The van der Waals surface area contributed by atoms with Gasteiger partial charge in [0.15, 0.2) is 5.56 Å². The van der Waals surface area contributed by atoms with Gasteiger partial charge in [-0.1, -0.05) is 11.6 Å². The van der Waals surface area contributed by atoms with Crippen molar-refractivity contribution in [2.75, 3.05) is 14.1 Å². The summed E-state index contributed by atoms with van der Waals surface area (Å²) in [5.41, 5.74) is 1.76. The fourth-order valence-corrected chi connectivity index (χ4v) is 0.437. The second kappa shape index (κ2) is 4.35. The molecule has 1 amide bonds. The number of ether oxygens (including phenoxy) is 1. The molecular weight excluding hydrogens is 156 g/mol. The van der Waals surface area contributed by atoms with Crippen molar-refractivity contribution in [1.82, 2.24) is 10.4 Å². The summed E-state index contributed by atoms with van der Waals surface area (Å²) in [6.45, 7) is 1.57. The van der Waals surface area contributed by atoms with Gasteiger partial charge in [0, 0.05) is 14.1 Å². The largest absolute Gasteiger partial charge is 0.429 e. The zero-order valence-corrected chi connectivity index (χ0v) is 6.97. The van der Waals surface area contributed by atoms with E-state index in [1.807, 2.05) is 0 Å². The molecule has 1 N–H and O–H groups in total. The van der Waals surface area contributed by atoms with Gasteiger partial charge in [-0.3, -0.25) is 5.43 Å². The van der Waals surface area contributed by atoms with E-state index in [-0.39, 0.29) is 0 Å². The number of nitrogens with zero attached hydrogens (tertiary/aromatic N) is 1. The predicted octanol–water partition coefficient (Wildman–Crippen LogP) is 0.774. The smallest absolute Gasteiger partial charge is 0.423 e. The van der Waals surface area contributed by atoms with Gasteiger partial charge in [0.2, 0.25) is 0 Å². The molecule has 0 aromatic rings. The number of hydrogen-bond donors (Lipinski definition) is 1. The van der Waals surface area contributed by atoms with Gasteiger partial charge < -0.3 is 4.74 Å². The van der Waals surface area contributed by atoms with Gasteiger partial charge in [0.05, 0.1) is 0 Å². The number of carbonyl (C=O) groups is 1. The van der Waals surface area contributed by atoms with E-state index in [0.717, 1.165) is 0 Å². The van der Waals surface area contributed by atoms with Crippen LogP contribution in [0.4, 0.5) is 4.79 Å². The molecule has 0 radical (unpaired) electrons. The van der Waals surface area contributed by atoms with Gasteiger partial charge in [-0.2, -0.15) is 0 Å². The Bertz CT molecular complexity index is 104. The first kappa shape index (κ1) is 9.52. The lowest BCUT2D eigenvalue weighted by atomic mass is 10.8. The van der Waals surface area contributed by atoms with E-state index < -0.39 is 11.7 Å². The highest BCUT2D eigenvalue weighted by Crippen LogP contribution is 1.94. The van der Waals surface area contributed by atoms with Crippen LogP contribution >= 0.6 is 11.6 Å². The maximum atomic E-state index is 10.6. The molecule has 0 aliphatic heterocycles. The number of hydrazine groups is 1. The number of amides is 1. The van der Waals surface area contributed by atoms with Gasteiger partial charge in [0.1, 0.15) is 0 Å². The molecule has 60 valence electrons. The van der Waals surface area contributed by atoms with Crippen LogP contribution in [0.5, 0.6) is 0 Å². The second-order valence-corrected chi connectivity index (χ2v) is 2.57.